The molecule has 0 bridgehead atoms. The van der Waals surface area contributed by atoms with Crippen LogP contribution >= 0.6 is 0 Å². The lowest BCUT2D eigenvalue weighted by molar-refractivity contribution is 0.354. The fourth-order valence-electron chi connectivity index (χ4n) is 10.5. The number of hydrogen-bond donors (Lipinski definition) is 0. The minimum absolute atomic E-state index is 0.0308. The van der Waals surface area contributed by atoms with E-state index < -0.39 is 0 Å². The summed E-state index contributed by atoms with van der Waals surface area (Å²) in [4.78, 5) is 10.2. The minimum Gasteiger partial charge on any atom is -0.309 e. The van der Waals surface area contributed by atoms with E-state index in [2.05, 4.69) is 156 Å². The maximum absolute atomic E-state index is 5.17. The van der Waals surface area contributed by atoms with E-state index in [1.807, 2.05) is 24.3 Å². The Morgan fingerprint density at radius 1 is 0.474 bits per heavy atom. The van der Waals surface area contributed by atoms with E-state index in [-0.39, 0.29) is 5.41 Å². The Kier molecular flexibility index (Phi) is 7.16. The first-order valence-corrected chi connectivity index (χ1v) is 20.4. The Balaban J connectivity index is 1.15. The van der Waals surface area contributed by atoms with Gasteiger partial charge in [-0.15, -0.1) is 0 Å². The van der Waals surface area contributed by atoms with Crippen LogP contribution in [0.3, 0.4) is 0 Å². The highest BCUT2D eigenvalue weighted by Crippen LogP contribution is 2.61. The van der Waals surface area contributed by atoms with Crippen molar-refractivity contribution in [3.8, 4) is 50.7 Å². The molecule has 0 radical (unpaired) electrons. The lowest BCUT2D eigenvalue weighted by Gasteiger charge is -2.36. The van der Waals surface area contributed by atoms with Gasteiger partial charge in [0.1, 0.15) is 0 Å². The molecule has 1 spiro atoms. The molecule has 10 aromatic rings. The number of aromatic nitrogens is 3. The summed E-state index contributed by atoms with van der Waals surface area (Å²) in [6.45, 7) is 0. The molecular formula is C54H39N3. The molecule has 2 aromatic heterocycles. The molecule has 0 unspecified atom stereocenters. The molecule has 12 rings (SSSR count). The topological polar surface area (TPSA) is 30.7 Å². The molecule has 2 heterocycles. The second kappa shape index (κ2) is 12.6. The Hall–Kier alpha value is -6.84. The third-order valence-electron chi connectivity index (χ3n) is 13.0. The van der Waals surface area contributed by atoms with Crippen LogP contribution in [0.2, 0.25) is 0 Å². The van der Waals surface area contributed by atoms with Gasteiger partial charge in [-0.3, -0.25) is 0 Å². The van der Waals surface area contributed by atoms with Gasteiger partial charge in [0, 0.05) is 38.6 Å². The summed E-state index contributed by atoms with van der Waals surface area (Å²) in [7, 11) is 0. The molecule has 0 amide bonds. The van der Waals surface area contributed by atoms with Crippen LogP contribution < -0.4 is 0 Å². The number of nitrogens with zero attached hydrogens (tertiary/aromatic N) is 3. The lowest BCUT2D eigenvalue weighted by Crippen LogP contribution is -2.28. The summed E-state index contributed by atoms with van der Waals surface area (Å²) < 4.78 is 2.61. The van der Waals surface area contributed by atoms with Gasteiger partial charge in [-0.1, -0.05) is 171 Å². The van der Waals surface area contributed by atoms with Crippen molar-refractivity contribution in [1.82, 2.24) is 14.5 Å². The average molecular weight is 730 g/mol. The molecule has 0 N–H and O–H groups in total. The first kappa shape index (κ1) is 32.4. The van der Waals surface area contributed by atoms with E-state index in [0.29, 0.717) is 0 Å². The van der Waals surface area contributed by atoms with Gasteiger partial charge in [-0.05, 0) is 80.9 Å². The molecule has 1 saturated carbocycles. The SMILES string of the molecule is c1ccc(-c2cc(-c3ccc(-n4c5ccc6ccccc6c5c5c6ccccc6c6c(c54)C4(CCCCC4)c4ccccc4-6)cc3)nc(-c3ccccc3)n2)cc1. The molecule has 2 aliphatic rings. The summed E-state index contributed by atoms with van der Waals surface area (Å²) >= 11 is 0. The number of fused-ring (bicyclic) bond motifs is 14. The smallest absolute Gasteiger partial charge is 0.160 e. The molecular weight excluding hydrogens is 691 g/mol. The summed E-state index contributed by atoms with van der Waals surface area (Å²) in [6, 6.07) is 64.2. The summed E-state index contributed by atoms with van der Waals surface area (Å²) in [5.41, 5.74) is 14.6. The molecule has 57 heavy (non-hydrogen) atoms. The van der Waals surface area contributed by atoms with Crippen LogP contribution in [0.1, 0.15) is 43.2 Å². The van der Waals surface area contributed by atoms with Crippen LogP contribution in [0.15, 0.2) is 176 Å². The minimum atomic E-state index is -0.0308. The van der Waals surface area contributed by atoms with Gasteiger partial charge in [0.05, 0.1) is 22.4 Å². The number of benzene rings is 8. The van der Waals surface area contributed by atoms with Gasteiger partial charge in [0.25, 0.3) is 0 Å². The largest absolute Gasteiger partial charge is 0.309 e. The van der Waals surface area contributed by atoms with Crippen LogP contribution in [0, 0.1) is 0 Å². The van der Waals surface area contributed by atoms with Gasteiger partial charge >= 0.3 is 0 Å². The van der Waals surface area contributed by atoms with Crippen molar-refractivity contribution in [2.24, 2.45) is 0 Å². The van der Waals surface area contributed by atoms with Crippen LogP contribution in [-0.2, 0) is 5.41 Å². The third-order valence-corrected chi connectivity index (χ3v) is 13.0. The molecule has 3 heteroatoms. The van der Waals surface area contributed by atoms with E-state index in [1.54, 1.807) is 0 Å². The van der Waals surface area contributed by atoms with Gasteiger partial charge in [0.15, 0.2) is 5.82 Å². The Labute approximate surface area is 331 Å². The van der Waals surface area contributed by atoms with E-state index >= 15 is 0 Å². The van der Waals surface area contributed by atoms with Crippen molar-refractivity contribution in [2.45, 2.75) is 37.5 Å². The van der Waals surface area contributed by atoms with Crippen molar-refractivity contribution < 1.29 is 0 Å². The molecule has 0 atom stereocenters. The zero-order valence-electron chi connectivity index (χ0n) is 31.6. The maximum Gasteiger partial charge on any atom is 0.160 e. The van der Waals surface area contributed by atoms with E-state index in [0.717, 1.165) is 39.6 Å². The van der Waals surface area contributed by atoms with Gasteiger partial charge in [0.2, 0.25) is 0 Å². The molecule has 1 fully saturated rings. The summed E-state index contributed by atoms with van der Waals surface area (Å²) in [5.74, 6) is 0.727. The van der Waals surface area contributed by atoms with Gasteiger partial charge in [-0.2, -0.15) is 0 Å². The van der Waals surface area contributed by atoms with E-state index in [9.17, 15) is 0 Å². The van der Waals surface area contributed by atoms with Crippen molar-refractivity contribution >= 4 is 43.4 Å². The van der Waals surface area contributed by atoms with E-state index in [1.165, 1.54) is 97.7 Å². The fraction of sp³-hybridized carbons (Fsp3) is 0.111. The highest BCUT2D eigenvalue weighted by atomic mass is 15.0. The van der Waals surface area contributed by atoms with Crippen LogP contribution in [-0.4, -0.2) is 14.5 Å². The highest BCUT2D eigenvalue weighted by Gasteiger charge is 2.47. The zero-order valence-corrected chi connectivity index (χ0v) is 31.6. The third kappa shape index (κ3) is 4.79. The van der Waals surface area contributed by atoms with Crippen molar-refractivity contribution in [3.05, 3.63) is 187 Å². The van der Waals surface area contributed by atoms with Crippen molar-refractivity contribution in [3.63, 3.8) is 0 Å². The van der Waals surface area contributed by atoms with Gasteiger partial charge < -0.3 is 4.57 Å². The second-order valence-electron chi connectivity index (χ2n) is 16.0. The first-order chi connectivity index (χ1) is 28.3. The van der Waals surface area contributed by atoms with Crippen LogP contribution in [0.25, 0.3) is 94.1 Å². The highest BCUT2D eigenvalue weighted by molar-refractivity contribution is 6.32. The second-order valence-corrected chi connectivity index (χ2v) is 16.0. The average Bonchev–Trinajstić information content (AvgIpc) is 3.78. The maximum atomic E-state index is 5.17. The monoisotopic (exact) mass is 729 g/mol. The predicted molar refractivity (Wildman–Crippen MR) is 237 cm³/mol. The Morgan fingerprint density at radius 2 is 1.09 bits per heavy atom. The van der Waals surface area contributed by atoms with Crippen LogP contribution in [0.5, 0.6) is 0 Å². The zero-order chi connectivity index (χ0) is 37.5. The molecule has 8 aromatic carbocycles. The van der Waals surface area contributed by atoms with E-state index in [4.69, 9.17) is 9.97 Å². The Bertz CT molecular complexity index is 3130. The fourth-order valence-corrected chi connectivity index (χ4v) is 10.5. The molecule has 2 aliphatic carbocycles. The standard InChI is InChI=1S/C54H39N3/c1-4-17-36(18-5-1)45-34-46(56-53(55-45)38-19-6-2-7-20-38)37-26-29-39(30-27-37)57-47-31-28-35-16-8-9-21-40(35)49(47)50-42-23-11-10-22-41(42)48-43-24-12-13-25-44(43)54(51(48)52(50)57)32-14-3-15-33-54/h1-2,4-13,16-31,34H,3,14-15,32-33H2. The van der Waals surface area contributed by atoms with Crippen LogP contribution in [0.4, 0.5) is 0 Å². The summed E-state index contributed by atoms with van der Waals surface area (Å²) in [5, 5.41) is 7.97. The lowest BCUT2D eigenvalue weighted by atomic mass is 9.67. The molecule has 270 valence electrons. The predicted octanol–water partition coefficient (Wildman–Crippen LogP) is 14.1. The van der Waals surface area contributed by atoms with Crippen molar-refractivity contribution in [2.75, 3.05) is 0 Å². The quantitative estimate of drug-likeness (QED) is 0.181. The first-order valence-electron chi connectivity index (χ1n) is 20.4. The molecule has 0 aliphatic heterocycles. The Morgan fingerprint density at radius 3 is 1.84 bits per heavy atom. The number of rotatable bonds is 4. The molecule has 3 nitrogen and oxygen atoms in total. The number of hydrogen-bond acceptors (Lipinski definition) is 2. The molecule has 0 saturated heterocycles. The summed E-state index contributed by atoms with van der Waals surface area (Å²) in [6.07, 6.45) is 6.13. The normalized spacial score (nSPS) is 14.5. The van der Waals surface area contributed by atoms with Crippen molar-refractivity contribution in [1.29, 1.82) is 0 Å². The van der Waals surface area contributed by atoms with Gasteiger partial charge in [-0.25, -0.2) is 9.97 Å².